The molecule has 2 N–H and O–H groups in total. The molecule has 1 aromatic heterocycles. The van der Waals surface area contributed by atoms with E-state index in [1.807, 2.05) is 30.5 Å². The van der Waals surface area contributed by atoms with Crippen molar-refractivity contribution in [3.05, 3.63) is 45.9 Å². The maximum atomic E-state index is 10.9. The van der Waals surface area contributed by atoms with E-state index in [1.165, 1.54) is 4.88 Å². The summed E-state index contributed by atoms with van der Waals surface area (Å²) in [5.74, 6) is -0.674. The molecule has 0 unspecified atom stereocenters. The second-order valence-corrected chi connectivity index (χ2v) is 6.54. The first kappa shape index (κ1) is 14.1. The summed E-state index contributed by atoms with van der Waals surface area (Å²) in [6.45, 7) is 2.86. The lowest BCUT2D eigenvalue weighted by atomic mass is 10.1. The molecule has 21 heavy (non-hydrogen) atoms. The SMILES string of the molecule is CCc1cnc(CNc2ccc([C@@H]3C[C@H]3C(=O)O)cc2)s1. The van der Waals surface area contributed by atoms with E-state index in [4.69, 9.17) is 5.11 Å². The minimum absolute atomic E-state index is 0.188. The van der Waals surface area contributed by atoms with E-state index in [-0.39, 0.29) is 11.8 Å². The highest BCUT2D eigenvalue weighted by atomic mass is 32.1. The normalized spacial score (nSPS) is 20.2. The molecular formula is C16H18N2O2S. The van der Waals surface area contributed by atoms with Crippen molar-refractivity contribution in [3.8, 4) is 0 Å². The summed E-state index contributed by atoms with van der Waals surface area (Å²) in [5, 5.41) is 13.4. The number of hydrogen-bond acceptors (Lipinski definition) is 4. The number of aromatic nitrogens is 1. The lowest BCUT2D eigenvalue weighted by molar-refractivity contribution is -0.138. The average Bonchev–Trinajstić information content (AvgIpc) is 3.17. The van der Waals surface area contributed by atoms with Crippen molar-refractivity contribution in [3.63, 3.8) is 0 Å². The maximum absolute atomic E-state index is 10.9. The highest BCUT2D eigenvalue weighted by Crippen LogP contribution is 2.47. The number of nitrogens with zero attached hydrogens (tertiary/aromatic N) is 1. The Morgan fingerprint density at radius 1 is 1.43 bits per heavy atom. The van der Waals surface area contributed by atoms with Gasteiger partial charge in [0.15, 0.2) is 0 Å². The molecule has 2 atom stereocenters. The highest BCUT2D eigenvalue weighted by Gasteiger charge is 2.43. The highest BCUT2D eigenvalue weighted by molar-refractivity contribution is 7.11. The molecule has 0 saturated heterocycles. The Bertz CT molecular complexity index is 636. The molecule has 0 amide bonds. The average molecular weight is 302 g/mol. The third-order valence-corrected chi connectivity index (χ3v) is 4.98. The van der Waals surface area contributed by atoms with Crippen LogP contribution >= 0.6 is 11.3 Å². The van der Waals surface area contributed by atoms with Crippen molar-refractivity contribution in [2.24, 2.45) is 5.92 Å². The molecule has 1 saturated carbocycles. The number of hydrogen-bond donors (Lipinski definition) is 2. The fourth-order valence-electron chi connectivity index (χ4n) is 2.46. The Kier molecular flexibility index (Phi) is 3.92. The summed E-state index contributed by atoms with van der Waals surface area (Å²) in [6, 6.07) is 8.08. The van der Waals surface area contributed by atoms with Gasteiger partial charge in [-0.1, -0.05) is 19.1 Å². The zero-order valence-corrected chi connectivity index (χ0v) is 12.7. The lowest BCUT2D eigenvalue weighted by Crippen LogP contribution is -2.00. The third kappa shape index (κ3) is 3.24. The monoisotopic (exact) mass is 302 g/mol. The van der Waals surface area contributed by atoms with Gasteiger partial charge >= 0.3 is 5.97 Å². The Balaban J connectivity index is 1.56. The number of rotatable bonds is 6. The number of aliphatic carboxylic acids is 1. The van der Waals surface area contributed by atoms with Gasteiger partial charge in [-0.2, -0.15) is 0 Å². The molecule has 1 aliphatic rings. The number of carboxylic acid groups (broad SMARTS) is 1. The van der Waals surface area contributed by atoms with Crippen molar-refractivity contribution in [1.82, 2.24) is 4.98 Å². The second-order valence-electron chi connectivity index (χ2n) is 5.34. The second kappa shape index (κ2) is 5.85. The summed E-state index contributed by atoms with van der Waals surface area (Å²) in [6.07, 6.45) is 3.73. The van der Waals surface area contributed by atoms with Gasteiger partial charge in [0.1, 0.15) is 5.01 Å². The first-order valence-corrected chi connectivity index (χ1v) is 7.99. The van der Waals surface area contributed by atoms with Gasteiger partial charge in [0.25, 0.3) is 0 Å². The molecule has 4 nitrogen and oxygen atoms in total. The molecule has 2 aromatic rings. The predicted molar refractivity (Wildman–Crippen MR) is 83.7 cm³/mol. The van der Waals surface area contributed by atoms with Gasteiger partial charge < -0.3 is 10.4 Å². The largest absolute Gasteiger partial charge is 0.481 e. The third-order valence-electron chi connectivity index (χ3n) is 3.84. The standard InChI is InChI=1S/C16H18N2O2S/c1-2-12-8-18-15(21-12)9-17-11-5-3-10(4-6-11)13-7-14(13)16(19)20/h3-6,8,13-14,17H,2,7,9H2,1H3,(H,19,20)/t13-,14+/m0/s1. The van der Waals surface area contributed by atoms with Gasteiger partial charge in [0.05, 0.1) is 12.5 Å². The van der Waals surface area contributed by atoms with Crippen molar-refractivity contribution in [2.75, 3.05) is 5.32 Å². The molecule has 1 fully saturated rings. The fourth-order valence-corrected chi connectivity index (χ4v) is 3.26. The molecule has 0 aliphatic heterocycles. The first-order valence-electron chi connectivity index (χ1n) is 7.17. The first-order chi connectivity index (χ1) is 10.2. The Labute approximate surface area is 127 Å². The van der Waals surface area contributed by atoms with E-state index in [2.05, 4.69) is 17.2 Å². The van der Waals surface area contributed by atoms with E-state index in [0.717, 1.165) is 35.6 Å². The van der Waals surface area contributed by atoms with Crippen LogP contribution in [0.15, 0.2) is 30.5 Å². The topological polar surface area (TPSA) is 62.2 Å². The van der Waals surface area contributed by atoms with Gasteiger partial charge in [-0.15, -0.1) is 11.3 Å². The van der Waals surface area contributed by atoms with Crippen LogP contribution in [0.3, 0.4) is 0 Å². The lowest BCUT2D eigenvalue weighted by Gasteiger charge is -2.05. The van der Waals surface area contributed by atoms with E-state index >= 15 is 0 Å². The summed E-state index contributed by atoms with van der Waals surface area (Å²) in [4.78, 5) is 16.6. The Hall–Kier alpha value is -1.88. The molecule has 1 heterocycles. The molecule has 1 aromatic carbocycles. The molecule has 3 rings (SSSR count). The van der Waals surface area contributed by atoms with Gasteiger partial charge in [0, 0.05) is 16.8 Å². The zero-order chi connectivity index (χ0) is 14.8. The van der Waals surface area contributed by atoms with Crippen molar-refractivity contribution in [1.29, 1.82) is 0 Å². The number of thiazole rings is 1. The van der Waals surface area contributed by atoms with Crippen LogP contribution in [0.5, 0.6) is 0 Å². The van der Waals surface area contributed by atoms with E-state index in [1.54, 1.807) is 11.3 Å². The quantitative estimate of drug-likeness (QED) is 0.857. The molecule has 0 bridgehead atoms. The smallest absolute Gasteiger partial charge is 0.307 e. The van der Waals surface area contributed by atoms with Crippen LogP contribution in [0, 0.1) is 5.92 Å². The fraction of sp³-hybridized carbons (Fsp3) is 0.375. The molecule has 1 aliphatic carbocycles. The molecule has 0 radical (unpaired) electrons. The maximum Gasteiger partial charge on any atom is 0.307 e. The van der Waals surface area contributed by atoms with Gasteiger partial charge in [-0.3, -0.25) is 4.79 Å². The predicted octanol–water partition coefficient (Wildman–Crippen LogP) is 3.51. The van der Waals surface area contributed by atoms with Crippen LogP contribution in [0.2, 0.25) is 0 Å². The van der Waals surface area contributed by atoms with Crippen LogP contribution in [0.25, 0.3) is 0 Å². The van der Waals surface area contributed by atoms with E-state index in [9.17, 15) is 4.79 Å². The summed E-state index contributed by atoms with van der Waals surface area (Å²) >= 11 is 1.73. The Morgan fingerprint density at radius 3 is 2.76 bits per heavy atom. The number of benzene rings is 1. The van der Waals surface area contributed by atoms with Crippen LogP contribution in [0.1, 0.15) is 34.7 Å². The summed E-state index contributed by atoms with van der Waals surface area (Å²) in [5.41, 5.74) is 2.16. The van der Waals surface area contributed by atoms with Crippen LogP contribution in [-0.2, 0) is 17.8 Å². The minimum atomic E-state index is -0.683. The van der Waals surface area contributed by atoms with E-state index < -0.39 is 5.97 Å². The van der Waals surface area contributed by atoms with Crippen LogP contribution < -0.4 is 5.32 Å². The molecular weight excluding hydrogens is 284 g/mol. The van der Waals surface area contributed by atoms with Crippen molar-refractivity contribution in [2.45, 2.75) is 32.2 Å². The van der Waals surface area contributed by atoms with Gasteiger partial charge in [-0.25, -0.2) is 4.98 Å². The number of anilines is 1. The number of nitrogens with one attached hydrogen (secondary N) is 1. The number of aryl methyl sites for hydroxylation is 1. The van der Waals surface area contributed by atoms with E-state index in [0.29, 0.717) is 0 Å². The van der Waals surface area contributed by atoms with Gasteiger partial charge in [-0.05, 0) is 36.5 Å². The number of carboxylic acids is 1. The van der Waals surface area contributed by atoms with Crippen LogP contribution in [-0.4, -0.2) is 16.1 Å². The number of carbonyl (C=O) groups is 1. The van der Waals surface area contributed by atoms with Crippen LogP contribution in [0.4, 0.5) is 5.69 Å². The summed E-state index contributed by atoms with van der Waals surface area (Å²) in [7, 11) is 0. The summed E-state index contributed by atoms with van der Waals surface area (Å²) < 4.78 is 0. The molecule has 110 valence electrons. The minimum Gasteiger partial charge on any atom is -0.481 e. The molecule has 0 spiro atoms. The van der Waals surface area contributed by atoms with Crippen molar-refractivity contribution >= 4 is 23.0 Å². The van der Waals surface area contributed by atoms with Crippen molar-refractivity contribution < 1.29 is 9.90 Å². The van der Waals surface area contributed by atoms with Gasteiger partial charge in [0.2, 0.25) is 0 Å². The molecule has 5 heteroatoms. The Morgan fingerprint density at radius 2 is 2.19 bits per heavy atom. The zero-order valence-electron chi connectivity index (χ0n) is 11.9.